The molecule has 0 unspecified atom stereocenters. The fraction of sp³-hybridized carbons (Fsp3) is 0. The molecule has 19 heavy (non-hydrogen) atoms. The number of carboxylic acid groups (broad SMARTS) is 1. The normalized spacial score (nSPS) is 10.2. The Morgan fingerprint density at radius 2 is 2.00 bits per heavy atom. The number of nitrogens with one attached hydrogen (secondary N) is 1. The molecule has 0 radical (unpaired) electrons. The molecule has 0 spiro atoms. The van der Waals surface area contributed by atoms with E-state index < -0.39 is 5.97 Å². The number of rotatable bonds is 3. The topological polar surface area (TPSA) is 66.4 Å². The first-order chi connectivity index (χ1) is 8.99. The van der Waals surface area contributed by atoms with E-state index >= 15 is 0 Å². The molecule has 98 valence electrons. The molecule has 2 rings (SSSR count). The minimum Gasteiger partial charge on any atom is -0.478 e. The molecular weight excluding hydrogens is 445 g/mol. The molecule has 4 nitrogen and oxygen atoms in total. The number of hydrogen-bond donors (Lipinski definition) is 2. The van der Waals surface area contributed by atoms with E-state index in [0.717, 1.165) is 8.04 Å². The Kier molecular flexibility index (Phi) is 4.58. The Hall–Kier alpha value is -0.930. The summed E-state index contributed by atoms with van der Waals surface area (Å²) in [6.45, 7) is 0. The summed E-state index contributed by atoms with van der Waals surface area (Å²) in [5.41, 5.74) is 0.600. The van der Waals surface area contributed by atoms with Crippen LogP contribution in [0, 0.1) is 3.57 Å². The number of carbonyl (C=O) groups excluding carboxylic acids is 1. The van der Waals surface area contributed by atoms with Gasteiger partial charge in [-0.3, -0.25) is 4.79 Å². The van der Waals surface area contributed by atoms with Gasteiger partial charge in [0.05, 0.1) is 11.1 Å². The monoisotopic (exact) mass is 451 g/mol. The van der Waals surface area contributed by atoms with Crippen LogP contribution in [-0.2, 0) is 0 Å². The van der Waals surface area contributed by atoms with E-state index in [1.807, 2.05) is 12.1 Å². The number of anilines is 1. The Morgan fingerprint density at radius 3 is 2.68 bits per heavy atom. The van der Waals surface area contributed by atoms with E-state index in [0.29, 0.717) is 10.6 Å². The molecule has 0 fully saturated rings. The highest BCUT2D eigenvalue weighted by atomic mass is 127. The number of hydrogen-bond acceptors (Lipinski definition) is 3. The van der Waals surface area contributed by atoms with Crippen LogP contribution in [0.5, 0.6) is 0 Å². The fourth-order valence-electron chi connectivity index (χ4n) is 1.42. The van der Waals surface area contributed by atoms with Crippen LogP contribution in [0.25, 0.3) is 0 Å². The molecule has 1 heterocycles. The number of halogens is 2. The molecule has 1 aromatic heterocycles. The zero-order chi connectivity index (χ0) is 14.0. The van der Waals surface area contributed by atoms with Gasteiger partial charge in [-0.2, -0.15) is 0 Å². The molecule has 0 aliphatic rings. The molecule has 0 saturated carbocycles. The second-order valence-electron chi connectivity index (χ2n) is 3.55. The Balaban J connectivity index is 2.28. The van der Waals surface area contributed by atoms with Gasteiger partial charge in [-0.15, -0.1) is 11.3 Å². The lowest BCUT2D eigenvalue weighted by Crippen LogP contribution is -2.14. The van der Waals surface area contributed by atoms with Crippen molar-refractivity contribution >= 4 is 66.7 Å². The number of aromatic carboxylic acids is 1. The van der Waals surface area contributed by atoms with Gasteiger partial charge in [0.1, 0.15) is 5.00 Å². The van der Waals surface area contributed by atoms with Crippen LogP contribution in [0.4, 0.5) is 5.00 Å². The Morgan fingerprint density at radius 1 is 1.26 bits per heavy atom. The number of carbonyl (C=O) groups is 2. The quantitative estimate of drug-likeness (QED) is 0.691. The molecular formula is C12H7BrINO3S. The molecule has 1 aromatic carbocycles. The molecule has 7 heteroatoms. The third kappa shape index (κ3) is 3.34. The van der Waals surface area contributed by atoms with Gasteiger partial charge in [-0.25, -0.2) is 4.79 Å². The smallest absolute Gasteiger partial charge is 0.338 e. The van der Waals surface area contributed by atoms with Crippen molar-refractivity contribution in [3.8, 4) is 0 Å². The second-order valence-corrected chi connectivity index (χ2v) is 6.54. The third-order valence-corrected chi connectivity index (χ3v) is 4.56. The summed E-state index contributed by atoms with van der Waals surface area (Å²) in [6, 6.07) is 6.82. The first-order valence-electron chi connectivity index (χ1n) is 5.06. The predicted molar refractivity (Wildman–Crippen MR) is 86.1 cm³/mol. The van der Waals surface area contributed by atoms with Crippen LogP contribution in [0.1, 0.15) is 20.7 Å². The van der Waals surface area contributed by atoms with Gasteiger partial charge >= 0.3 is 5.97 Å². The van der Waals surface area contributed by atoms with Gasteiger partial charge in [0.25, 0.3) is 5.91 Å². The van der Waals surface area contributed by atoms with E-state index in [2.05, 4.69) is 43.8 Å². The second kappa shape index (κ2) is 6.02. The lowest BCUT2D eigenvalue weighted by molar-refractivity contribution is 0.0698. The third-order valence-electron chi connectivity index (χ3n) is 2.30. The zero-order valence-electron chi connectivity index (χ0n) is 9.31. The Labute approximate surface area is 135 Å². The lowest BCUT2D eigenvalue weighted by Gasteiger charge is -2.06. The van der Waals surface area contributed by atoms with Crippen molar-refractivity contribution in [1.82, 2.24) is 0 Å². The number of carboxylic acids is 1. The van der Waals surface area contributed by atoms with Crippen LogP contribution >= 0.6 is 49.9 Å². The van der Waals surface area contributed by atoms with Gasteiger partial charge in [-0.1, -0.05) is 15.9 Å². The van der Waals surface area contributed by atoms with E-state index in [-0.39, 0.29) is 11.5 Å². The molecule has 2 N–H and O–H groups in total. The zero-order valence-corrected chi connectivity index (χ0v) is 13.9. The van der Waals surface area contributed by atoms with Crippen LogP contribution in [0.2, 0.25) is 0 Å². The summed E-state index contributed by atoms with van der Waals surface area (Å²) in [7, 11) is 0. The largest absolute Gasteiger partial charge is 0.478 e. The summed E-state index contributed by atoms with van der Waals surface area (Å²) in [5.74, 6) is -1.38. The number of thiophene rings is 1. The highest BCUT2D eigenvalue weighted by Crippen LogP contribution is 2.25. The lowest BCUT2D eigenvalue weighted by atomic mass is 10.2. The van der Waals surface area contributed by atoms with E-state index in [1.54, 1.807) is 11.4 Å². The number of benzene rings is 1. The SMILES string of the molecule is O=C(Nc1sccc1C(=O)O)c1cc(Br)ccc1I. The van der Waals surface area contributed by atoms with Crippen molar-refractivity contribution in [2.24, 2.45) is 0 Å². The molecule has 0 aliphatic carbocycles. The molecule has 2 aromatic rings. The maximum atomic E-state index is 12.1. The number of amides is 1. The predicted octanol–water partition coefficient (Wildman–Crippen LogP) is 4.07. The van der Waals surface area contributed by atoms with Gasteiger partial charge in [0.2, 0.25) is 0 Å². The van der Waals surface area contributed by atoms with Crippen molar-refractivity contribution in [3.63, 3.8) is 0 Å². The minimum atomic E-state index is -1.06. The molecule has 0 bridgehead atoms. The first kappa shape index (κ1) is 14.5. The summed E-state index contributed by atoms with van der Waals surface area (Å²) in [6.07, 6.45) is 0. The van der Waals surface area contributed by atoms with Crippen LogP contribution in [0.15, 0.2) is 34.1 Å². The van der Waals surface area contributed by atoms with Crippen molar-refractivity contribution in [1.29, 1.82) is 0 Å². The Bertz CT molecular complexity index is 656. The molecule has 0 saturated heterocycles. The van der Waals surface area contributed by atoms with Crippen molar-refractivity contribution < 1.29 is 14.7 Å². The molecule has 0 aliphatic heterocycles. The van der Waals surface area contributed by atoms with Crippen molar-refractivity contribution in [2.75, 3.05) is 5.32 Å². The van der Waals surface area contributed by atoms with Gasteiger partial charge in [-0.05, 0) is 52.2 Å². The van der Waals surface area contributed by atoms with Crippen molar-refractivity contribution in [2.45, 2.75) is 0 Å². The maximum absolute atomic E-state index is 12.1. The minimum absolute atomic E-state index is 0.100. The maximum Gasteiger partial charge on any atom is 0.338 e. The van der Waals surface area contributed by atoms with Crippen LogP contribution in [-0.4, -0.2) is 17.0 Å². The van der Waals surface area contributed by atoms with Gasteiger partial charge < -0.3 is 10.4 Å². The standard InChI is InChI=1S/C12H7BrINO3S/c13-6-1-2-9(14)8(5-6)10(16)15-11-7(12(17)18)3-4-19-11/h1-5H,(H,15,16)(H,17,18). The molecule has 1 amide bonds. The summed E-state index contributed by atoms with van der Waals surface area (Å²) < 4.78 is 1.59. The van der Waals surface area contributed by atoms with Crippen LogP contribution < -0.4 is 5.32 Å². The highest BCUT2D eigenvalue weighted by Gasteiger charge is 2.16. The van der Waals surface area contributed by atoms with E-state index in [1.165, 1.54) is 17.4 Å². The first-order valence-corrected chi connectivity index (χ1v) is 7.81. The van der Waals surface area contributed by atoms with Gasteiger partial charge in [0, 0.05) is 8.04 Å². The van der Waals surface area contributed by atoms with Crippen LogP contribution in [0.3, 0.4) is 0 Å². The van der Waals surface area contributed by atoms with Crippen molar-refractivity contribution in [3.05, 3.63) is 48.8 Å². The van der Waals surface area contributed by atoms with Gasteiger partial charge in [0.15, 0.2) is 0 Å². The summed E-state index contributed by atoms with van der Waals surface area (Å²) in [4.78, 5) is 23.1. The fourth-order valence-corrected chi connectivity index (χ4v) is 3.13. The van der Waals surface area contributed by atoms with E-state index in [4.69, 9.17) is 5.11 Å². The molecule has 0 atom stereocenters. The highest BCUT2D eigenvalue weighted by molar-refractivity contribution is 14.1. The average Bonchev–Trinajstić information content (AvgIpc) is 2.80. The average molecular weight is 452 g/mol. The van der Waals surface area contributed by atoms with E-state index in [9.17, 15) is 9.59 Å². The summed E-state index contributed by atoms with van der Waals surface area (Å²) >= 11 is 6.55. The summed E-state index contributed by atoms with van der Waals surface area (Å²) in [5, 5.41) is 13.6.